The van der Waals surface area contributed by atoms with Gasteiger partial charge in [0.1, 0.15) is 5.25 Å². The van der Waals surface area contributed by atoms with Crippen molar-refractivity contribution in [2.24, 2.45) is 4.99 Å². The molecular weight excluding hydrogens is 513 g/mol. The Labute approximate surface area is 217 Å². The standard InChI is InChI=1S/C25H20Cl3N3O2S/c26-17-6-4-16(5-7-17)12-13-31-23(32)15-22(24(33)29-20-10-8-18(27)9-11-20)34-25(31)30-21-3-1-2-19(28)14-21/h1-11,14,22H,12-13,15H2,(H,29,33). The summed E-state index contributed by atoms with van der Waals surface area (Å²) in [6, 6.07) is 21.4. The molecule has 0 bridgehead atoms. The molecular formula is C25H20Cl3N3O2S. The van der Waals surface area contributed by atoms with Gasteiger partial charge in [0, 0.05) is 33.7 Å². The Balaban J connectivity index is 1.55. The summed E-state index contributed by atoms with van der Waals surface area (Å²) in [4.78, 5) is 32.4. The Morgan fingerprint density at radius 1 is 0.971 bits per heavy atom. The molecule has 1 atom stereocenters. The van der Waals surface area contributed by atoms with Crippen molar-refractivity contribution >= 4 is 74.9 Å². The predicted molar refractivity (Wildman–Crippen MR) is 141 cm³/mol. The topological polar surface area (TPSA) is 61.8 Å². The number of benzene rings is 3. The first-order valence-electron chi connectivity index (χ1n) is 10.5. The Morgan fingerprint density at radius 2 is 1.65 bits per heavy atom. The van der Waals surface area contributed by atoms with Crippen LogP contribution in [0.4, 0.5) is 11.4 Å². The lowest BCUT2D eigenvalue weighted by atomic mass is 10.1. The van der Waals surface area contributed by atoms with Gasteiger partial charge in [-0.25, -0.2) is 4.99 Å². The van der Waals surface area contributed by atoms with Crippen LogP contribution in [0.2, 0.25) is 15.1 Å². The molecule has 2 amide bonds. The van der Waals surface area contributed by atoms with Gasteiger partial charge in [0.2, 0.25) is 11.8 Å². The molecule has 1 aliphatic heterocycles. The minimum absolute atomic E-state index is 0.0687. The number of amides is 2. The third-order valence-corrected chi connectivity index (χ3v) is 7.04. The highest BCUT2D eigenvalue weighted by molar-refractivity contribution is 8.15. The van der Waals surface area contributed by atoms with Crippen molar-refractivity contribution in [3.63, 3.8) is 0 Å². The van der Waals surface area contributed by atoms with Gasteiger partial charge in [0.15, 0.2) is 5.17 Å². The zero-order valence-electron chi connectivity index (χ0n) is 17.9. The van der Waals surface area contributed by atoms with E-state index in [4.69, 9.17) is 34.8 Å². The highest BCUT2D eigenvalue weighted by atomic mass is 35.5. The summed E-state index contributed by atoms with van der Waals surface area (Å²) in [6.07, 6.45) is 0.693. The van der Waals surface area contributed by atoms with Crippen molar-refractivity contribution in [3.8, 4) is 0 Å². The Morgan fingerprint density at radius 3 is 2.32 bits per heavy atom. The number of carbonyl (C=O) groups excluding carboxylic acids is 2. The second kappa shape index (κ2) is 11.3. The molecule has 1 heterocycles. The maximum absolute atomic E-state index is 13.1. The second-order valence-corrected chi connectivity index (χ2v) is 10.1. The molecule has 9 heteroatoms. The number of rotatable bonds is 6. The molecule has 3 aromatic carbocycles. The van der Waals surface area contributed by atoms with Crippen LogP contribution in [0.3, 0.4) is 0 Å². The summed E-state index contributed by atoms with van der Waals surface area (Å²) in [5, 5.41) is 4.47. The van der Waals surface area contributed by atoms with Crippen LogP contribution in [0.25, 0.3) is 0 Å². The van der Waals surface area contributed by atoms with Crippen LogP contribution in [0.1, 0.15) is 12.0 Å². The molecule has 3 aromatic rings. The predicted octanol–water partition coefficient (Wildman–Crippen LogP) is 6.85. The Kier molecular flexibility index (Phi) is 8.16. The minimum Gasteiger partial charge on any atom is -0.325 e. The fraction of sp³-hybridized carbons (Fsp3) is 0.160. The van der Waals surface area contributed by atoms with Crippen LogP contribution in [0.15, 0.2) is 77.8 Å². The maximum Gasteiger partial charge on any atom is 0.238 e. The number of nitrogens with zero attached hydrogens (tertiary/aromatic N) is 2. The van der Waals surface area contributed by atoms with Gasteiger partial charge < -0.3 is 5.32 Å². The summed E-state index contributed by atoms with van der Waals surface area (Å²) in [5.74, 6) is -0.429. The molecule has 5 nitrogen and oxygen atoms in total. The number of carbonyl (C=O) groups is 2. The molecule has 0 aromatic heterocycles. The first-order valence-corrected chi connectivity index (χ1v) is 12.5. The molecule has 1 aliphatic rings. The second-order valence-electron chi connectivity index (χ2n) is 7.60. The normalized spacial score (nSPS) is 17.1. The summed E-state index contributed by atoms with van der Waals surface area (Å²) >= 11 is 19.3. The number of hydrogen-bond acceptors (Lipinski definition) is 4. The fourth-order valence-electron chi connectivity index (χ4n) is 3.37. The van der Waals surface area contributed by atoms with Gasteiger partial charge in [-0.15, -0.1) is 0 Å². The summed E-state index contributed by atoms with van der Waals surface area (Å²) in [7, 11) is 0. The van der Waals surface area contributed by atoms with E-state index < -0.39 is 5.25 Å². The zero-order chi connectivity index (χ0) is 24.1. The third-order valence-electron chi connectivity index (χ3n) is 5.11. The van der Waals surface area contributed by atoms with Crippen LogP contribution in [0.5, 0.6) is 0 Å². The van der Waals surface area contributed by atoms with E-state index in [1.165, 1.54) is 11.8 Å². The first kappa shape index (κ1) is 24.6. The van der Waals surface area contributed by atoms with Crippen molar-refractivity contribution in [2.75, 3.05) is 11.9 Å². The number of anilines is 1. The summed E-state index contributed by atoms with van der Waals surface area (Å²) in [6.45, 7) is 0.429. The maximum atomic E-state index is 13.1. The molecule has 0 radical (unpaired) electrons. The number of aliphatic imine (C=N–C) groups is 1. The molecule has 0 saturated carbocycles. The SMILES string of the molecule is O=C(Nc1ccc(Cl)cc1)C1CC(=O)N(CCc2ccc(Cl)cc2)C(=Nc2cccc(Cl)c2)S1. The number of hydrogen-bond donors (Lipinski definition) is 1. The van der Waals surface area contributed by atoms with Crippen LogP contribution in [-0.4, -0.2) is 33.7 Å². The molecule has 1 saturated heterocycles. The van der Waals surface area contributed by atoms with E-state index in [0.717, 1.165) is 5.56 Å². The van der Waals surface area contributed by atoms with Crippen molar-refractivity contribution in [2.45, 2.75) is 18.1 Å². The van der Waals surface area contributed by atoms with Crippen LogP contribution >= 0.6 is 46.6 Å². The lowest BCUT2D eigenvalue weighted by Crippen LogP contribution is -2.46. The van der Waals surface area contributed by atoms with E-state index in [9.17, 15) is 9.59 Å². The molecule has 4 rings (SSSR count). The lowest BCUT2D eigenvalue weighted by molar-refractivity contribution is -0.129. The van der Waals surface area contributed by atoms with Gasteiger partial charge in [-0.1, -0.05) is 64.8 Å². The minimum atomic E-state index is -0.618. The fourth-order valence-corrected chi connectivity index (χ4v) is 4.93. The van der Waals surface area contributed by atoms with E-state index in [-0.39, 0.29) is 18.2 Å². The molecule has 0 aliphatic carbocycles. The number of nitrogens with one attached hydrogen (secondary N) is 1. The molecule has 34 heavy (non-hydrogen) atoms. The van der Waals surface area contributed by atoms with E-state index in [2.05, 4.69) is 10.3 Å². The summed E-state index contributed by atoms with van der Waals surface area (Å²) in [5.41, 5.74) is 2.27. The van der Waals surface area contributed by atoms with Gasteiger partial charge in [-0.3, -0.25) is 14.5 Å². The van der Waals surface area contributed by atoms with Gasteiger partial charge >= 0.3 is 0 Å². The van der Waals surface area contributed by atoms with Crippen molar-refractivity contribution in [1.82, 2.24) is 4.90 Å². The van der Waals surface area contributed by atoms with Gasteiger partial charge in [-0.05, 0) is 66.6 Å². The number of amidine groups is 1. The highest BCUT2D eigenvalue weighted by Crippen LogP contribution is 2.31. The smallest absolute Gasteiger partial charge is 0.238 e. The highest BCUT2D eigenvalue weighted by Gasteiger charge is 2.35. The number of thioether (sulfide) groups is 1. The van der Waals surface area contributed by atoms with Crippen LogP contribution in [0, 0.1) is 0 Å². The van der Waals surface area contributed by atoms with Crippen LogP contribution in [-0.2, 0) is 16.0 Å². The molecule has 1 unspecified atom stereocenters. The molecule has 1 N–H and O–H groups in total. The van der Waals surface area contributed by atoms with Gasteiger partial charge in [0.25, 0.3) is 0 Å². The van der Waals surface area contributed by atoms with E-state index in [1.807, 2.05) is 24.3 Å². The monoisotopic (exact) mass is 531 g/mol. The van der Waals surface area contributed by atoms with Crippen molar-refractivity contribution in [3.05, 3.63) is 93.4 Å². The van der Waals surface area contributed by atoms with E-state index in [1.54, 1.807) is 53.4 Å². The average Bonchev–Trinajstić information content (AvgIpc) is 2.81. The van der Waals surface area contributed by atoms with Gasteiger partial charge in [0.05, 0.1) is 5.69 Å². The quantitative estimate of drug-likeness (QED) is 0.378. The van der Waals surface area contributed by atoms with E-state index in [0.29, 0.717) is 44.6 Å². The Hall–Kier alpha value is -2.51. The third kappa shape index (κ3) is 6.54. The first-order chi connectivity index (χ1) is 16.4. The average molecular weight is 533 g/mol. The van der Waals surface area contributed by atoms with Crippen molar-refractivity contribution < 1.29 is 9.59 Å². The van der Waals surface area contributed by atoms with Crippen LogP contribution < -0.4 is 5.32 Å². The molecule has 1 fully saturated rings. The van der Waals surface area contributed by atoms with Gasteiger partial charge in [-0.2, -0.15) is 0 Å². The van der Waals surface area contributed by atoms with E-state index >= 15 is 0 Å². The molecule has 174 valence electrons. The Bertz CT molecular complexity index is 1220. The molecule has 0 spiro atoms. The largest absolute Gasteiger partial charge is 0.325 e. The zero-order valence-corrected chi connectivity index (χ0v) is 21.0. The lowest BCUT2D eigenvalue weighted by Gasteiger charge is -2.32. The van der Waals surface area contributed by atoms with Crippen molar-refractivity contribution in [1.29, 1.82) is 0 Å². The summed E-state index contributed by atoms with van der Waals surface area (Å²) < 4.78 is 0. The number of halogens is 3.